The van der Waals surface area contributed by atoms with E-state index in [2.05, 4.69) is 21.7 Å². The molecule has 82 valence electrons. The number of fused-ring (bicyclic) bond motifs is 2. The normalized spacial score (nSPS) is 34.7. The van der Waals surface area contributed by atoms with Crippen LogP contribution >= 0.6 is 0 Å². The van der Waals surface area contributed by atoms with Crippen molar-refractivity contribution in [2.24, 2.45) is 5.90 Å². The number of nitrogens with zero attached hydrogens (tertiary/aromatic N) is 2. The van der Waals surface area contributed by atoms with Crippen molar-refractivity contribution < 1.29 is 4.84 Å². The Bertz CT molecular complexity index is 188. The molecule has 0 aliphatic carbocycles. The predicted octanol–water partition coefficient (Wildman–Crippen LogP) is 0.0452. The van der Waals surface area contributed by atoms with Crippen molar-refractivity contribution in [3.05, 3.63) is 0 Å². The van der Waals surface area contributed by atoms with Gasteiger partial charge < -0.3 is 9.74 Å². The van der Waals surface area contributed by atoms with Crippen molar-refractivity contribution >= 4 is 0 Å². The third kappa shape index (κ3) is 2.08. The summed E-state index contributed by atoms with van der Waals surface area (Å²) in [7, 11) is 2.22. The van der Waals surface area contributed by atoms with E-state index in [0.717, 1.165) is 18.6 Å². The Balaban J connectivity index is 1.94. The zero-order valence-corrected chi connectivity index (χ0v) is 8.98. The van der Waals surface area contributed by atoms with Gasteiger partial charge in [0.2, 0.25) is 0 Å². The van der Waals surface area contributed by atoms with Crippen molar-refractivity contribution in [1.82, 2.24) is 9.80 Å². The van der Waals surface area contributed by atoms with E-state index in [0.29, 0.717) is 6.61 Å². The van der Waals surface area contributed by atoms with E-state index in [-0.39, 0.29) is 0 Å². The van der Waals surface area contributed by atoms with Crippen LogP contribution in [-0.4, -0.2) is 55.2 Å². The van der Waals surface area contributed by atoms with Crippen LogP contribution in [0.3, 0.4) is 0 Å². The molecule has 2 aliphatic heterocycles. The van der Waals surface area contributed by atoms with Gasteiger partial charge in [0.25, 0.3) is 0 Å². The lowest BCUT2D eigenvalue weighted by Gasteiger charge is -2.27. The van der Waals surface area contributed by atoms with Crippen molar-refractivity contribution in [2.45, 2.75) is 31.3 Å². The molecule has 2 aliphatic rings. The minimum atomic E-state index is 0.663. The average molecular weight is 199 g/mol. The molecule has 2 N–H and O–H groups in total. The molecule has 2 unspecified atom stereocenters. The van der Waals surface area contributed by atoms with Crippen LogP contribution < -0.4 is 5.90 Å². The maximum atomic E-state index is 5.09. The second-order valence-electron chi connectivity index (χ2n) is 4.54. The first-order valence-electron chi connectivity index (χ1n) is 5.57. The number of likely N-dealkylation sites (tertiary alicyclic amines) is 1. The molecule has 14 heavy (non-hydrogen) atoms. The second kappa shape index (κ2) is 4.57. The Labute approximate surface area is 85.9 Å². The molecule has 2 heterocycles. The molecule has 0 amide bonds. The monoisotopic (exact) mass is 199 g/mol. The summed E-state index contributed by atoms with van der Waals surface area (Å²) in [6.45, 7) is 4.11. The number of rotatable bonds is 3. The van der Waals surface area contributed by atoms with E-state index < -0.39 is 0 Å². The highest BCUT2D eigenvalue weighted by Crippen LogP contribution is 2.29. The summed E-state index contributed by atoms with van der Waals surface area (Å²) < 4.78 is 0. The highest BCUT2D eigenvalue weighted by atomic mass is 16.6. The van der Waals surface area contributed by atoms with Crippen LogP contribution in [0.4, 0.5) is 0 Å². The first-order valence-corrected chi connectivity index (χ1v) is 5.57. The van der Waals surface area contributed by atoms with E-state index in [4.69, 9.17) is 5.90 Å². The Hall–Kier alpha value is -0.160. The van der Waals surface area contributed by atoms with Crippen molar-refractivity contribution in [3.8, 4) is 0 Å². The maximum absolute atomic E-state index is 5.09. The molecule has 0 spiro atoms. The van der Waals surface area contributed by atoms with Gasteiger partial charge in [0, 0.05) is 25.2 Å². The van der Waals surface area contributed by atoms with Gasteiger partial charge in [0.1, 0.15) is 0 Å². The molecular weight excluding hydrogens is 178 g/mol. The van der Waals surface area contributed by atoms with Crippen LogP contribution in [0, 0.1) is 0 Å². The average Bonchev–Trinajstić information content (AvgIpc) is 2.45. The molecule has 4 heteroatoms. The fraction of sp³-hybridized carbons (Fsp3) is 1.00. The summed E-state index contributed by atoms with van der Waals surface area (Å²) in [6.07, 6.45) is 4.01. The Morgan fingerprint density at radius 1 is 1.29 bits per heavy atom. The molecule has 0 saturated carbocycles. The number of likely N-dealkylation sites (N-methyl/N-ethyl adjacent to an activating group) is 1. The standard InChI is InChI=1S/C10H21N3O/c1-12-5-4-9-2-3-10(8-12)13(9)6-7-14-11/h9-10H,2-8,11H2,1H3. The Morgan fingerprint density at radius 3 is 2.86 bits per heavy atom. The van der Waals surface area contributed by atoms with E-state index >= 15 is 0 Å². The van der Waals surface area contributed by atoms with Crippen LogP contribution in [0.15, 0.2) is 0 Å². The summed E-state index contributed by atoms with van der Waals surface area (Å²) in [5.41, 5.74) is 0. The zero-order valence-electron chi connectivity index (χ0n) is 8.98. The van der Waals surface area contributed by atoms with Crippen LogP contribution in [0.25, 0.3) is 0 Å². The smallest absolute Gasteiger partial charge is 0.0806 e. The van der Waals surface area contributed by atoms with Crippen LogP contribution in [0.5, 0.6) is 0 Å². The van der Waals surface area contributed by atoms with Gasteiger partial charge in [0.05, 0.1) is 6.61 Å². The zero-order chi connectivity index (χ0) is 9.97. The van der Waals surface area contributed by atoms with Gasteiger partial charge in [-0.05, 0) is 32.9 Å². The fourth-order valence-electron chi connectivity index (χ4n) is 2.86. The van der Waals surface area contributed by atoms with Crippen LogP contribution in [0.1, 0.15) is 19.3 Å². The molecule has 0 radical (unpaired) electrons. The fourth-order valence-corrected chi connectivity index (χ4v) is 2.86. The molecule has 2 atom stereocenters. The van der Waals surface area contributed by atoms with E-state index in [1.165, 1.54) is 32.4 Å². The molecule has 4 nitrogen and oxygen atoms in total. The largest absolute Gasteiger partial charge is 0.305 e. The minimum Gasteiger partial charge on any atom is -0.305 e. The SMILES string of the molecule is CN1CCC2CCC(C1)N2CCON. The maximum Gasteiger partial charge on any atom is 0.0806 e. The van der Waals surface area contributed by atoms with E-state index in [1.807, 2.05) is 0 Å². The van der Waals surface area contributed by atoms with Crippen molar-refractivity contribution in [1.29, 1.82) is 0 Å². The molecular formula is C10H21N3O. The lowest BCUT2D eigenvalue weighted by molar-refractivity contribution is 0.0863. The molecule has 2 rings (SSSR count). The topological polar surface area (TPSA) is 41.7 Å². The molecule has 2 fully saturated rings. The van der Waals surface area contributed by atoms with Crippen molar-refractivity contribution in [3.63, 3.8) is 0 Å². The molecule has 2 saturated heterocycles. The highest BCUT2D eigenvalue weighted by molar-refractivity contribution is 4.91. The van der Waals surface area contributed by atoms with Gasteiger partial charge in [-0.1, -0.05) is 0 Å². The third-order valence-electron chi connectivity index (χ3n) is 3.60. The summed E-state index contributed by atoms with van der Waals surface area (Å²) in [6, 6.07) is 1.52. The number of nitrogens with two attached hydrogens (primary N) is 1. The van der Waals surface area contributed by atoms with E-state index in [1.54, 1.807) is 0 Å². The minimum absolute atomic E-state index is 0.663. The first kappa shape index (κ1) is 10.4. The molecule has 0 aromatic carbocycles. The summed E-state index contributed by atoms with van der Waals surface area (Å²) in [4.78, 5) is 9.72. The van der Waals surface area contributed by atoms with Gasteiger partial charge in [0.15, 0.2) is 0 Å². The summed E-state index contributed by atoms with van der Waals surface area (Å²) >= 11 is 0. The lowest BCUT2D eigenvalue weighted by atomic mass is 10.1. The number of hydrogen-bond acceptors (Lipinski definition) is 4. The summed E-state index contributed by atoms with van der Waals surface area (Å²) in [5, 5.41) is 0. The van der Waals surface area contributed by atoms with Gasteiger partial charge in [-0.3, -0.25) is 4.90 Å². The van der Waals surface area contributed by atoms with Crippen molar-refractivity contribution in [2.75, 3.05) is 33.3 Å². The lowest BCUT2D eigenvalue weighted by Crippen LogP contribution is -2.40. The van der Waals surface area contributed by atoms with Crippen LogP contribution in [-0.2, 0) is 4.84 Å². The first-order chi connectivity index (χ1) is 6.81. The van der Waals surface area contributed by atoms with E-state index in [9.17, 15) is 0 Å². The quantitative estimate of drug-likeness (QED) is 0.652. The Kier molecular flexibility index (Phi) is 3.38. The van der Waals surface area contributed by atoms with Crippen LogP contribution in [0.2, 0.25) is 0 Å². The molecule has 0 aromatic heterocycles. The number of hydrogen-bond donors (Lipinski definition) is 1. The molecule has 0 aromatic rings. The van der Waals surface area contributed by atoms with Gasteiger partial charge >= 0.3 is 0 Å². The van der Waals surface area contributed by atoms with Gasteiger partial charge in [-0.25, -0.2) is 5.90 Å². The summed E-state index contributed by atoms with van der Waals surface area (Å²) in [5.74, 6) is 5.09. The second-order valence-corrected chi connectivity index (χ2v) is 4.54. The molecule has 2 bridgehead atoms. The van der Waals surface area contributed by atoms with Gasteiger partial charge in [-0.15, -0.1) is 0 Å². The predicted molar refractivity (Wildman–Crippen MR) is 55.8 cm³/mol. The highest BCUT2D eigenvalue weighted by Gasteiger charge is 2.35. The Morgan fingerprint density at radius 2 is 2.07 bits per heavy atom. The third-order valence-corrected chi connectivity index (χ3v) is 3.60. The van der Waals surface area contributed by atoms with Gasteiger partial charge in [-0.2, -0.15) is 0 Å².